The van der Waals surface area contributed by atoms with Crippen molar-refractivity contribution in [2.45, 2.75) is 13.1 Å². The molecule has 0 aliphatic heterocycles. The summed E-state index contributed by atoms with van der Waals surface area (Å²) in [6.45, 7) is 1.56. The van der Waals surface area contributed by atoms with Gasteiger partial charge in [-0.05, 0) is 29.7 Å². The van der Waals surface area contributed by atoms with Crippen LogP contribution in [0.2, 0.25) is 0 Å². The van der Waals surface area contributed by atoms with Crippen molar-refractivity contribution >= 4 is 5.97 Å². The molecule has 0 saturated heterocycles. The smallest absolute Gasteiger partial charge is 0.417 e. The zero-order chi connectivity index (χ0) is 14.9. The molecule has 5 heteroatoms. The van der Waals surface area contributed by atoms with Crippen LogP contribution in [0.3, 0.4) is 0 Å². The van der Waals surface area contributed by atoms with Gasteiger partial charge in [0.2, 0.25) is 0 Å². The molecule has 0 atom stereocenters. The van der Waals surface area contributed by atoms with Gasteiger partial charge in [0.15, 0.2) is 0 Å². The number of benzene rings is 2. The monoisotopic (exact) mass is 279 g/mol. The number of carboxylic acids is 1. The maximum absolute atomic E-state index is 13.0. The van der Waals surface area contributed by atoms with Gasteiger partial charge in [-0.1, -0.05) is 36.4 Å². The summed E-state index contributed by atoms with van der Waals surface area (Å²) in [7, 11) is 0. The molecule has 2 aromatic carbocycles. The Morgan fingerprint density at radius 3 is 2.30 bits per heavy atom. The van der Waals surface area contributed by atoms with Crippen molar-refractivity contribution in [3.05, 3.63) is 59.2 Å². The molecular weight excluding hydrogens is 269 g/mol. The predicted octanol–water partition coefficient (Wildman–Crippen LogP) is 3.04. The van der Waals surface area contributed by atoms with E-state index in [1.165, 1.54) is 30.3 Å². The molecule has 0 saturated carbocycles. The van der Waals surface area contributed by atoms with Gasteiger partial charge in [-0.25, -0.2) is 0 Å². The molecule has 0 N–H and O–H groups in total. The van der Waals surface area contributed by atoms with Crippen LogP contribution in [-0.4, -0.2) is 5.97 Å². The zero-order valence-corrected chi connectivity index (χ0v) is 10.5. The van der Waals surface area contributed by atoms with E-state index in [1.54, 1.807) is 13.0 Å². The number of carboxylic acid groups (broad SMARTS) is 1. The lowest BCUT2D eigenvalue weighted by atomic mass is 9.91. The quantitative estimate of drug-likeness (QED) is 0.847. The number of aromatic carboxylic acids is 1. The Hall–Kier alpha value is -2.30. The van der Waals surface area contributed by atoms with Gasteiger partial charge in [0.05, 0.1) is 11.5 Å². The van der Waals surface area contributed by atoms with Crippen molar-refractivity contribution in [2.75, 3.05) is 0 Å². The molecule has 0 fully saturated rings. The van der Waals surface area contributed by atoms with Crippen molar-refractivity contribution in [1.82, 2.24) is 0 Å². The fraction of sp³-hybridized carbons (Fsp3) is 0.133. The molecule has 0 radical (unpaired) electrons. The van der Waals surface area contributed by atoms with Crippen LogP contribution < -0.4 is 5.11 Å². The summed E-state index contributed by atoms with van der Waals surface area (Å²) in [6, 6.07) is 9.18. The highest BCUT2D eigenvalue weighted by Crippen LogP contribution is 2.39. The molecule has 2 rings (SSSR count). The van der Waals surface area contributed by atoms with Crippen molar-refractivity contribution in [2.24, 2.45) is 0 Å². The third kappa shape index (κ3) is 2.52. The Morgan fingerprint density at radius 2 is 1.70 bits per heavy atom. The largest absolute Gasteiger partial charge is 0.545 e. The van der Waals surface area contributed by atoms with E-state index in [0.717, 1.165) is 6.07 Å². The molecule has 0 aromatic heterocycles. The number of halogens is 3. The van der Waals surface area contributed by atoms with Gasteiger partial charge in [0.1, 0.15) is 0 Å². The summed E-state index contributed by atoms with van der Waals surface area (Å²) in [6.07, 6.45) is -4.55. The SMILES string of the molecule is Cc1cccc(C(=O)[O-])c1-c1ccccc1C(F)(F)F. The zero-order valence-electron chi connectivity index (χ0n) is 10.5. The molecule has 0 aliphatic rings. The normalized spacial score (nSPS) is 11.4. The van der Waals surface area contributed by atoms with Crippen LogP contribution in [0.1, 0.15) is 21.5 Å². The minimum Gasteiger partial charge on any atom is -0.545 e. The lowest BCUT2D eigenvalue weighted by Crippen LogP contribution is -2.23. The average Bonchev–Trinajstić information content (AvgIpc) is 2.37. The Labute approximate surface area is 113 Å². The first-order valence-electron chi connectivity index (χ1n) is 5.80. The van der Waals surface area contributed by atoms with E-state index in [1.807, 2.05) is 0 Å². The van der Waals surface area contributed by atoms with Crippen LogP contribution in [-0.2, 0) is 6.18 Å². The fourth-order valence-corrected chi connectivity index (χ4v) is 2.14. The molecule has 0 aliphatic carbocycles. The molecule has 2 nitrogen and oxygen atoms in total. The van der Waals surface area contributed by atoms with E-state index in [-0.39, 0.29) is 16.7 Å². The maximum atomic E-state index is 13.0. The van der Waals surface area contributed by atoms with Crippen LogP contribution in [0.5, 0.6) is 0 Å². The average molecular weight is 279 g/mol. The number of hydrogen-bond acceptors (Lipinski definition) is 2. The number of alkyl halides is 3. The van der Waals surface area contributed by atoms with Crippen LogP contribution >= 0.6 is 0 Å². The van der Waals surface area contributed by atoms with E-state index in [0.29, 0.717) is 5.56 Å². The van der Waals surface area contributed by atoms with Crippen molar-refractivity contribution in [3.8, 4) is 11.1 Å². The van der Waals surface area contributed by atoms with Crippen molar-refractivity contribution < 1.29 is 23.1 Å². The van der Waals surface area contributed by atoms with Gasteiger partial charge < -0.3 is 9.90 Å². The molecule has 104 valence electrons. The van der Waals surface area contributed by atoms with E-state index in [9.17, 15) is 23.1 Å². The number of rotatable bonds is 2. The van der Waals surface area contributed by atoms with Gasteiger partial charge in [0, 0.05) is 5.56 Å². The minimum absolute atomic E-state index is 0.0421. The summed E-state index contributed by atoms with van der Waals surface area (Å²) >= 11 is 0. The van der Waals surface area contributed by atoms with Crippen LogP contribution in [0, 0.1) is 6.92 Å². The molecule has 0 spiro atoms. The van der Waals surface area contributed by atoms with Gasteiger partial charge in [-0.3, -0.25) is 0 Å². The number of aryl methyl sites for hydroxylation is 1. The summed E-state index contributed by atoms with van der Waals surface area (Å²) in [4.78, 5) is 11.1. The van der Waals surface area contributed by atoms with E-state index in [2.05, 4.69) is 0 Å². The second-order valence-electron chi connectivity index (χ2n) is 4.33. The first-order chi connectivity index (χ1) is 9.32. The standard InChI is InChI=1S/C15H11F3O2/c1-9-5-4-7-11(14(19)20)13(9)10-6-2-3-8-12(10)15(16,17)18/h2-8H,1H3,(H,19,20)/p-1. The number of hydrogen-bond donors (Lipinski definition) is 0. The van der Waals surface area contributed by atoms with Gasteiger partial charge in [-0.2, -0.15) is 13.2 Å². The van der Waals surface area contributed by atoms with Gasteiger partial charge >= 0.3 is 6.18 Å². The molecule has 2 aromatic rings. The van der Waals surface area contributed by atoms with Crippen LogP contribution in [0.25, 0.3) is 11.1 Å². The molecule has 0 amide bonds. The second kappa shape index (κ2) is 5.00. The Kier molecular flexibility index (Phi) is 3.53. The van der Waals surface area contributed by atoms with E-state index in [4.69, 9.17) is 0 Å². The van der Waals surface area contributed by atoms with Crippen molar-refractivity contribution in [3.63, 3.8) is 0 Å². The summed E-state index contributed by atoms with van der Waals surface area (Å²) in [5, 5.41) is 11.1. The first kappa shape index (κ1) is 14.1. The van der Waals surface area contributed by atoms with E-state index >= 15 is 0 Å². The van der Waals surface area contributed by atoms with Gasteiger partial charge in [0.25, 0.3) is 0 Å². The van der Waals surface area contributed by atoms with Gasteiger partial charge in [-0.15, -0.1) is 0 Å². The van der Waals surface area contributed by atoms with Crippen LogP contribution in [0.15, 0.2) is 42.5 Å². The summed E-state index contributed by atoms with van der Waals surface area (Å²) in [5.41, 5.74) is -0.778. The maximum Gasteiger partial charge on any atom is 0.417 e. The number of carbonyl (C=O) groups is 1. The highest BCUT2D eigenvalue weighted by atomic mass is 19.4. The Balaban J connectivity index is 2.79. The highest BCUT2D eigenvalue weighted by molar-refractivity contribution is 5.96. The lowest BCUT2D eigenvalue weighted by Gasteiger charge is -2.18. The summed E-state index contributed by atoms with van der Waals surface area (Å²) < 4.78 is 39.1. The highest BCUT2D eigenvalue weighted by Gasteiger charge is 2.34. The number of carbonyl (C=O) groups excluding carboxylic acids is 1. The first-order valence-corrected chi connectivity index (χ1v) is 5.80. The molecule has 20 heavy (non-hydrogen) atoms. The summed E-state index contributed by atoms with van der Waals surface area (Å²) in [5.74, 6) is -1.50. The molecule has 0 unspecified atom stereocenters. The topological polar surface area (TPSA) is 40.1 Å². The molecular formula is C15H10F3O2-. The lowest BCUT2D eigenvalue weighted by molar-refractivity contribution is -0.255. The van der Waals surface area contributed by atoms with Crippen LogP contribution in [0.4, 0.5) is 13.2 Å². The predicted molar refractivity (Wildman–Crippen MR) is 65.9 cm³/mol. The second-order valence-corrected chi connectivity index (χ2v) is 4.33. The molecule has 0 heterocycles. The minimum atomic E-state index is -4.55. The Morgan fingerprint density at radius 1 is 1.05 bits per heavy atom. The third-order valence-electron chi connectivity index (χ3n) is 2.99. The third-order valence-corrected chi connectivity index (χ3v) is 2.99. The molecule has 0 bridgehead atoms. The van der Waals surface area contributed by atoms with E-state index < -0.39 is 17.7 Å². The Bertz CT molecular complexity index is 660. The fourth-order valence-electron chi connectivity index (χ4n) is 2.14. The van der Waals surface area contributed by atoms with Crippen molar-refractivity contribution in [1.29, 1.82) is 0 Å².